The zero-order valence-electron chi connectivity index (χ0n) is 21.0. The maximum absolute atomic E-state index is 13.1. The molecule has 0 aliphatic heterocycles. The molecule has 33 heavy (non-hydrogen) atoms. The van der Waals surface area contributed by atoms with Crippen LogP contribution in [0, 0.1) is 17.8 Å². The third-order valence-corrected chi connectivity index (χ3v) is 6.16. The smallest absolute Gasteiger partial charge is 0.326 e. The normalized spacial score (nSPS) is 16.8. The summed E-state index contributed by atoms with van der Waals surface area (Å²) in [5.41, 5.74) is 11.6. The van der Waals surface area contributed by atoms with Crippen molar-refractivity contribution < 1.29 is 24.3 Å². The first-order chi connectivity index (χ1) is 15.4. The highest BCUT2D eigenvalue weighted by Crippen LogP contribution is 2.11. The number of aliphatic carboxylic acids is 1. The predicted molar refractivity (Wildman–Crippen MR) is 128 cm³/mol. The molecule has 8 N–H and O–H groups in total. The molecule has 0 aromatic rings. The Morgan fingerprint density at radius 3 is 1.79 bits per heavy atom. The first kappa shape index (κ1) is 30.8. The highest BCUT2D eigenvalue weighted by Gasteiger charge is 2.33. The standard InChI is InChI=1S/C23H45N5O5/c1-7-14(5)17(25)21(30)27-18(13(3)4)22(31)26-16(11-9-10-12-24)20(29)28-19(23(32)33)15(6)8-2/h13-19H,7-12,24-25H2,1-6H3,(H,26,31)(H,27,30)(H,28,29)(H,32,33). The number of carbonyl (C=O) groups is 4. The molecule has 3 amide bonds. The largest absolute Gasteiger partial charge is 0.480 e. The topological polar surface area (TPSA) is 177 Å². The summed E-state index contributed by atoms with van der Waals surface area (Å²) in [5, 5.41) is 17.5. The van der Waals surface area contributed by atoms with Gasteiger partial charge in [-0.2, -0.15) is 0 Å². The van der Waals surface area contributed by atoms with Crippen LogP contribution in [0.2, 0.25) is 0 Å². The van der Waals surface area contributed by atoms with Gasteiger partial charge in [-0.15, -0.1) is 0 Å². The molecule has 0 aromatic heterocycles. The highest BCUT2D eigenvalue weighted by molar-refractivity contribution is 5.94. The summed E-state index contributed by atoms with van der Waals surface area (Å²) in [5.74, 6) is -3.23. The van der Waals surface area contributed by atoms with E-state index in [-0.39, 0.29) is 17.8 Å². The Hall–Kier alpha value is -2.20. The molecule has 0 rings (SSSR count). The molecule has 0 radical (unpaired) electrons. The van der Waals surface area contributed by atoms with Crippen molar-refractivity contribution in [2.45, 2.75) is 97.8 Å². The Morgan fingerprint density at radius 2 is 1.33 bits per heavy atom. The summed E-state index contributed by atoms with van der Waals surface area (Å²) in [6.07, 6.45) is 2.82. The molecule has 0 heterocycles. The molecule has 0 bridgehead atoms. The minimum atomic E-state index is -1.13. The van der Waals surface area contributed by atoms with Crippen LogP contribution in [0.5, 0.6) is 0 Å². The molecule has 0 fully saturated rings. The lowest BCUT2D eigenvalue weighted by molar-refractivity contribution is -0.144. The van der Waals surface area contributed by atoms with Gasteiger partial charge in [-0.25, -0.2) is 4.79 Å². The molecule has 0 aliphatic rings. The average Bonchev–Trinajstić information content (AvgIpc) is 2.77. The van der Waals surface area contributed by atoms with Crippen LogP contribution >= 0.6 is 0 Å². The second-order valence-electron chi connectivity index (χ2n) is 9.20. The fourth-order valence-corrected chi connectivity index (χ4v) is 3.26. The number of unbranched alkanes of at least 4 members (excludes halogenated alkanes) is 1. The molecule has 0 spiro atoms. The number of hydrogen-bond donors (Lipinski definition) is 6. The maximum atomic E-state index is 13.1. The summed E-state index contributed by atoms with van der Waals surface area (Å²) >= 11 is 0. The summed E-state index contributed by atoms with van der Waals surface area (Å²) < 4.78 is 0. The van der Waals surface area contributed by atoms with Gasteiger partial charge in [0, 0.05) is 0 Å². The highest BCUT2D eigenvalue weighted by atomic mass is 16.4. The average molecular weight is 472 g/mol. The molecule has 10 heteroatoms. The minimum absolute atomic E-state index is 0.0517. The van der Waals surface area contributed by atoms with E-state index in [4.69, 9.17) is 11.5 Å². The number of nitrogens with one attached hydrogen (secondary N) is 3. The van der Waals surface area contributed by atoms with Gasteiger partial charge >= 0.3 is 5.97 Å². The van der Waals surface area contributed by atoms with Crippen LogP contribution in [0.3, 0.4) is 0 Å². The third-order valence-electron chi connectivity index (χ3n) is 6.16. The predicted octanol–water partition coefficient (Wildman–Crippen LogP) is 0.730. The van der Waals surface area contributed by atoms with E-state index in [1.165, 1.54) is 0 Å². The molecule has 6 unspecified atom stereocenters. The lowest BCUT2D eigenvalue weighted by atomic mass is 9.97. The van der Waals surface area contributed by atoms with E-state index in [0.717, 1.165) is 6.42 Å². The third kappa shape index (κ3) is 10.5. The van der Waals surface area contributed by atoms with E-state index in [2.05, 4.69) is 16.0 Å². The SMILES string of the molecule is CCC(C)C(N)C(=O)NC(C(=O)NC(CCCCN)C(=O)NC(C(=O)O)C(C)CC)C(C)C. The lowest BCUT2D eigenvalue weighted by Crippen LogP contribution is -2.59. The Balaban J connectivity index is 5.52. The molecule has 0 saturated carbocycles. The summed E-state index contributed by atoms with van der Waals surface area (Å²) in [6.45, 7) is 11.4. The van der Waals surface area contributed by atoms with E-state index in [1.54, 1.807) is 20.8 Å². The number of amides is 3. The van der Waals surface area contributed by atoms with Crippen molar-refractivity contribution in [3.63, 3.8) is 0 Å². The van der Waals surface area contributed by atoms with Gasteiger partial charge in [-0.05, 0) is 43.6 Å². The fraction of sp³-hybridized carbons (Fsp3) is 0.826. The Morgan fingerprint density at radius 1 is 0.788 bits per heavy atom. The van der Waals surface area contributed by atoms with Crippen LogP contribution in [0.15, 0.2) is 0 Å². The molecular weight excluding hydrogens is 426 g/mol. The van der Waals surface area contributed by atoms with Crippen molar-refractivity contribution in [1.82, 2.24) is 16.0 Å². The van der Waals surface area contributed by atoms with Gasteiger partial charge in [-0.1, -0.05) is 54.4 Å². The fourth-order valence-electron chi connectivity index (χ4n) is 3.26. The molecule has 0 aliphatic carbocycles. The second-order valence-corrected chi connectivity index (χ2v) is 9.20. The van der Waals surface area contributed by atoms with Crippen molar-refractivity contribution in [1.29, 1.82) is 0 Å². The number of carboxylic acids is 1. The minimum Gasteiger partial charge on any atom is -0.480 e. The van der Waals surface area contributed by atoms with Gasteiger partial charge in [0.25, 0.3) is 0 Å². The molecule has 0 saturated heterocycles. The van der Waals surface area contributed by atoms with Crippen LogP contribution in [0.25, 0.3) is 0 Å². The molecule has 0 aromatic carbocycles. The zero-order chi connectivity index (χ0) is 25.7. The Bertz CT molecular complexity index is 643. The molecule has 10 nitrogen and oxygen atoms in total. The van der Waals surface area contributed by atoms with Crippen molar-refractivity contribution in [2.75, 3.05) is 6.54 Å². The molecular formula is C23H45N5O5. The number of nitrogens with two attached hydrogens (primary N) is 2. The van der Waals surface area contributed by atoms with Gasteiger partial charge in [0.05, 0.1) is 6.04 Å². The second kappa shape index (κ2) is 15.6. The van der Waals surface area contributed by atoms with E-state index < -0.39 is 47.9 Å². The Kier molecular flexibility index (Phi) is 14.6. The lowest BCUT2D eigenvalue weighted by Gasteiger charge is -2.28. The quantitative estimate of drug-likeness (QED) is 0.180. The first-order valence-electron chi connectivity index (χ1n) is 12.0. The summed E-state index contributed by atoms with van der Waals surface area (Å²) in [6, 6.07) is -3.65. The van der Waals surface area contributed by atoms with Crippen molar-refractivity contribution in [3.05, 3.63) is 0 Å². The van der Waals surface area contributed by atoms with Crippen LogP contribution in [0.4, 0.5) is 0 Å². The maximum Gasteiger partial charge on any atom is 0.326 e. The van der Waals surface area contributed by atoms with Gasteiger partial charge in [-0.3, -0.25) is 14.4 Å². The van der Waals surface area contributed by atoms with E-state index in [0.29, 0.717) is 32.2 Å². The van der Waals surface area contributed by atoms with Crippen molar-refractivity contribution >= 4 is 23.7 Å². The van der Waals surface area contributed by atoms with Crippen LogP contribution in [0.1, 0.15) is 73.6 Å². The van der Waals surface area contributed by atoms with E-state index in [1.807, 2.05) is 20.8 Å². The summed E-state index contributed by atoms with van der Waals surface area (Å²) in [7, 11) is 0. The summed E-state index contributed by atoms with van der Waals surface area (Å²) in [4.78, 5) is 50.2. The van der Waals surface area contributed by atoms with Crippen LogP contribution in [-0.2, 0) is 19.2 Å². The van der Waals surface area contributed by atoms with Gasteiger partial charge in [0.1, 0.15) is 18.1 Å². The number of hydrogen-bond acceptors (Lipinski definition) is 6. The zero-order valence-corrected chi connectivity index (χ0v) is 21.0. The number of carboxylic acid groups (broad SMARTS) is 1. The number of carbonyl (C=O) groups excluding carboxylic acids is 3. The van der Waals surface area contributed by atoms with Gasteiger partial charge in [0.15, 0.2) is 0 Å². The van der Waals surface area contributed by atoms with Crippen LogP contribution < -0.4 is 27.4 Å². The molecule has 6 atom stereocenters. The molecule has 192 valence electrons. The van der Waals surface area contributed by atoms with E-state index >= 15 is 0 Å². The first-order valence-corrected chi connectivity index (χ1v) is 12.0. The monoisotopic (exact) mass is 471 g/mol. The van der Waals surface area contributed by atoms with E-state index in [9.17, 15) is 24.3 Å². The van der Waals surface area contributed by atoms with Crippen LogP contribution in [-0.4, -0.2) is 59.5 Å². The van der Waals surface area contributed by atoms with Gasteiger partial charge in [0.2, 0.25) is 17.7 Å². The van der Waals surface area contributed by atoms with Crippen molar-refractivity contribution in [3.8, 4) is 0 Å². The Labute approximate surface area is 198 Å². The van der Waals surface area contributed by atoms with Crippen molar-refractivity contribution in [2.24, 2.45) is 29.2 Å². The van der Waals surface area contributed by atoms with Gasteiger partial charge < -0.3 is 32.5 Å². The number of rotatable bonds is 16.